The van der Waals surface area contributed by atoms with E-state index in [0.29, 0.717) is 0 Å². The molecular weight excluding hydrogens is 302 g/mol. The average molecular weight is 319 g/mol. The van der Waals surface area contributed by atoms with Crippen molar-refractivity contribution in [1.29, 1.82) is 0 Å². The van der Waals surface area contributed by atoms with Gasteiger partial charge in [-0.1, -0.05) is 24.3 Å². The highest BCUT2D eigenvalue weighted by molar-refractivity contribution is 6.18. The maximum atomic E-state index is 12.7. The molecule has 0 radical (unpaired) electrons. The number of rotatable bonds is 4. The lowest BCUT2D eigenvalue weighted by Gasteiger charge is -2.31. The number of aliphatic hydroxyl groups is 2. The van der Waals surface area contributed by atoms with Gasteiger partial charge in [0.15, 0.2) is 5.60 Å². The molecule has 1 heterocycles. The van der Waals surface area contributed by atoms with Crippen LogP contribution in [0, 0.1) is 5.92 Å². The first kappa shape index (κ1) is 15.8. The number of aliphatic imine (C=N–C) groups is 1. The van der Waals surface area contributed by atoms with Gasteiger partial charge in [0.2, 0.25) is 11.5 Å². The van der Waals surface area contributed by atoms with Gasteiger partial charge in [-0.15, -0.1) is 0 Å². The minimum atomic E-state index is -2.38. The fourth-order valence-electron chi connectivity index (χ4n) is 3.30. The molecule has 0 spiro atoms. The molecule has 0 aromatic heterocycles. The molecule has 0 saturated carbocycles. The molecule has 0 fully saturated rings. The molecule has 0 bridgehead atoms. The molecule has 1 aromatic rings. The third-order valence-electron chi connectivity index (χ3n) is 4.37. The number of methoxy groups -OCH3 is 1. The normalized spacial score (nSPS) is 31.6. The van der Waals surface area contributed by atoms with Crippen molar-refractivity contribution in [3.05, 3.63) is 35.4 Å². The first-order chi connectivity index (χ1) is 10.9. The molecule has 0 saturated heterocycles. The van der Waals surface area contributed by atoms with Gasteiger partial charge in [-0.2, -0.15) is 0 Å². The molecule has 1 aliphatic carbocycles. The Kier molecular flexibility index (Phi) is 3.59. The van der Waals surface area contributed by atoms with Crippen molar-refractivity contribution in [3.63, 3.8) is 0 Å². The van der Waals surface area contributed by atoms with Gasteiger partial charge < -0.3 is 19.7 Å². The van der Waals surface area contributed by atoms with E-state index in [1.165, 1.54) is 26.2 Å². The van der Waals surface area contributed by atoms with Gasteiger partial charge in [0.05, 0.1) is 6.61 Å². The molecule has 0 amide bonds. The van der Waals surface area contributed by atoms with Crippen LogP contribution in [0.25, 0.3) is 0 Å². The fourth-order valence-corrected chi connectivity index (χ4v) is 3.30. The van der Waals surface area contributed by atoms with Crippen molar-refractivity contribution in [3.8, 4) is 0 Å². The highest BCUT2D eigenvalue weighted by atomic mass is 16.6. The predicted molar refractivity (Wildman–Crippen MR) is 79.1 cm³/mol. The standard InChI is InChI=1S/C16H17NO6/c1-9-12(14(19)23-8-7-22-2)15(20)13(18)10-5-3-4-6-11(10)16(15,21)17-9/h3-6,12,20-21H,7-8H2,1-2H3/t12?,15-,16-/m0/s1. The maximum Gasteiger partial charge on any atom is 0.318 e. The topological polar surface area (TPSA) is 105 Å². The van der Waals surface area contributed by atoms with Crippen molar-refractivity contribution in [2.24, 2.45) is 10.9 Å². The largest absolute Gasteiger partial charge is 0.463 e. The summed E-state index contributed by atoms with van der Waals surface area (Å²) in [6, 6.07) is 6.25. The number of esters is 1. The van der Waals surface area contributed by atoms with Gasteiger partial charge in [0.25, 0.3) is 0 Å². The van der Waals surface area contributed by atoms with E-state index in [1.54, 1.807) is 12.1 Å². The van der Waals surface area contributed by atoms with E-state index >= 15 is 0 Å². The van der Waals surface area contributed by atoms with Crippen LogP contribution >= 0.6 is 0 Å². The van der Waals surface area contributed by atoms with Crippen LogP contribution in [0.4, 0.5) is 0 Å². The van der Waals surface area contributed by atoms with Crippen LogP contribution in [-0.4, -0.2) is 53.6 Å². The molecule has 23 heavy (non-hydrogen) atoms. The van der Waals surface area contributed by atoms with Crippen LogP contribution in [0.15, 0.2) is 29.3 Å². The van der Waals surface area contributed by atoms with Crippen molar-refractivity contribution in [2.75, 3.05) is 20.3 Å². The second-order valence-electron chi connectivity index (χ2n) is 5.66. The lowest BCUT2D eigenvalue weighted by molar-refractivity contribution is -0.165. The Morgan fingerprint density at radius 2 is 2.00 bits per heavy atom. The second kappa shape index (κ2) is 5.23. The molecule has 3 atom stereocenters. The zero-order chi connectivity index (χ0) is 16.8. The summed E-state index contributed by atoms with van der Waals surface area (Å²) in [5, 5.41) is 21.9. The third-order valence-corrected chi connectivity index (χ3v) is 4.37. The lowest BCUT2D eigenvalue weighted by atomic mass is 9.79. The summed E-state index contributed by atoms with van der Waals surface area (Å²) in [5.74, 6) is -2.91. The van der Waals surface area contributed by atoms with Gasteiger partial charge in [-0.25, -0.2) is 0 Å². The first-order valence-corrected chi connectivity index (χ1v) is 7.19. The van der Waals surface area contributed by atoms with Gasteiger partial charge in [-0.05, 0) is 6.92 Å². The predicted octanol–water partition coefficient (Wildman–Crippen LogP) is 0.0394. The van der Waals surface area contributed by atoms with Gasteiger partial charge in [-0.3, -0.25) is 14.6 Å². The Morgan fingerprint density at radius 3 is 2.70 bits per heavy atom. The summed E-state index contributed by atoms with van der Waals surface area (Å²) in [7, 11) is 1.46. The molecule has 7 heteroatoms. The highest BCUT2D eigenvalue weighted by Gasteiger charge is 2.72. The monoisotopic (exact) mass is 319 g/mol. The first-order valence-electron chi connectivity index (χ1n) is 7.19. The fraction of sp³-hybridized carbons (Fsp3) is 0.438. The molecular formula is C16H17NO6. The molecule has 3 rings (SSSR count). The van der Waals surface area contributed by atoms with E-state index in [9.17, 15) is 19.8 Å². The Morgan fingerprint density at radius 1 is 1.30 bits per heavy atom. The van der Waals surface area contributed by atoms with Crippen LogP contribution < -0.4 is 0 Å². The quantitative estimate of drug-likeness (QED) is 0.599. The lowest BCUT2D eigenvalue weighted by Crippen LogP contribution is -2.56. The Hall–Kier alpha value is -2.09. The summed E-state index contributed by atoms with van der Waals surface area (Å²) in [5.41, 5.74) is -4.05. The molecule has 1 aliphatic heterocycles. The zero-order valence-corrected chi connectivity index (χ0v) is 12.8. The van der Waals surface area contributed by atoms with Crippen LogP contribution in [0.5, 0.6) is 0 Å². The molecule has 122 valence electrons. The number of Topliss-reactive ketones (excluding diaryl/α,β-unsaturated/α-hetero) is 1. The van der Waals surface area contributed by atoms with E-state index in [4.69, 9.17) is 9.47 Å². The van der Waals surface area contributed by atoms with Gasteiger partial charge in [0, 0.05) is 23.9 Å². The van der Waals surface area contributed by atoms with E-state index in [0.717, 1.165) is 0 Å². The minimum absolute atomic E-state index is 0.0191. The Balaban J connectivity index is 2.03. The minimum Gasteiger partial charge on any atom is -0.463 e. The molecule has 1 unspecified atom stereocenters. The number of hydrogen-bond donors (Lipinski definition) is 2. The second-order valence-corrected chi connectivity index (χ2v) is 5.66. The van der Waals surface area contributed by atoms with E-state index in [1.807, 2.05) is 0 Å². The van der Waals surface area contributed by atoms with E-state index in [2.05, 4.69) is 4.99 Å². The number of ether oxygens (including phenoxy) is 2. The van der Waals surface area contributed by atoms with Gasteiger partial charge in [0.1, 0.15) is 12.5 Å². The molecule has 2 N–H and O–H groups in total. The van der Waals surface area contributed by atoms with Gasteiger partial charge >= 0.3 is 5.97 Å². The summed E-state index contributed by atoms with van der Waals surface area (Å²) >= 11 is 0. The van der Waals surface area contributed by atoms with Crippen molar-refractivity contribution < 1.29 is 29.3 Å². The van der Waals surface area contributed by atoms with Crippen LogP contribution in [0.2, 0.25) is 0 Å². The number of hydrogen-bond acceptors (Lipinski definition) is 7. The number of nitrogens with zero attached hydrogens (tertiary/aromatic N) is 1. The molecule has 1 aromatic carbocycles. The number of carbonyl (C=O) groups excluding carboxylic acids is 2. The van der Waals surface area contributed by atoms with Crippen molar-refractivity contribution in [2.45, 2.75) is 18.2 Å². The zero-order valence-electron chi connectivity index (χ0n) is 12.8. The van der Waals surface area contributed by atoms with Crippen LogP contribution in [-0.2, 0) is 20.0 Å². The number of fused-ring (bicyclic) bond motifs is 3. The maximum absolute atomic E-state index is 12.7. The number of ketones is 1. The van der Waals surface area contributed by atoms with Crippen molar-refractivity contribution >= 4 is 17.5 Å². The SMILES string of the molecule is COCCOC(=O)C1C(C)=N[C@]2(O)c3ccccc3C(=O)[C@@]12O. The Bertz CT molecular complexity index is 714. The number of carbonyl (C=O) groups is 2. The summed E-state index contributed by atoms with van der Waals surface area (Å²) in [4.78, 5) is 29.1. The summed E-state index contributed by atoms with van der Waals surface area (Å²) in [6.45, 7) is 1.65. The molecule has 2 aliphatic rings. The Labute approximate surface area is 132 Å². The summed E-state index contributed by atoms with van der Waals surface area (Å²) < 4.78 is 9.83. The van der Waals surface area contributed by atoms with Crippen LogP contribution in [0.1, 0.15) is 22.8 Å². The van der Waals surface area contributed by atoms with E-state index in [-0.39, 0.29) is 30.1 Å². The highest BCUT2D eigenvalue weighted by Crippen LogP contribution is 2.53. The van der Waals surface area contributed by atoms with E-state index < -0.39 is 29.0 Å². The number of benzene rings is 1. The summed E-state index contributed by atoms with van der Waals surface area (Å²) in [6.07, 6.45) is 0. The third kappa shape index (κ3) is 1.90. The van der Waals surface area contributed by atoms with Crippen molar-refractivity contribution in [1.82, 2.24) is 0 Å². The molecule has 7 nitrogen and oxygen atoms in total. The average Bonchev–Trinajstić information content (AvgIpc) is 2.83. The van der Waals surface area contributed by atoms with Crippen LogP contribution in [0.3, 0.4) is 0 Å². The smallest absolute Gasteiger partial charge is 0.318 e.